The first-order chi connectivity index (χ1) is 11.1. The molecule has 3 N–H and O–H groups in total. The Bertz CT molecular complexity index is 898. The van der Waals surface area contributed by atoms with Crippen LogP contribution < -0.4 is 16.0 Å². The Hall–Kier alpha value is -2.51. The predicted molar refractivity (Wildman–Crippen MR) is 92.8 cm³/mol. The van der Waals surface area contributed by atoms with E-state index in [0.717, 1.165) is 27.1 Å². The van der Waals surface area contributed by atoms with Crippen molar-refractivity contribution in [2.45, 2.75) is 6.54 Å². The molecular formula is C16H11N3O2S2. The largest absolute Gasteiger partial charge is 0.348 e. The number of nitrogens with one attached hydrogen (secondary N) is 3. The van der Waals surface area contributed by atoms with E-state index in [1.807, 2.05) is 29.6 Å². The second-order valence-electron chi connectivity index (χ2n) is 5.26. The van der Waals surface area contributed by atoms with E-state index in [1.165, 1.54) is 0 Å². The second kappa shape index (κ2) is 5.29. The zero-order chi connectivity index (χ0) is 16.0. The third-order valence-corrected chi connectivity index (χ3v) is 4.83. The molecule has 0 saturated carbocycles. The van der Waals surface area contributed by atoms with Crippen LogP contribution in [-0.2, 0) is 11.3 Å². The summed E-state index contributed by atoms with van der Waals surface area (Å²) in [6, 6.07) is 7.84. The molecule has 5 nitrogen and oxygen atoms in total. The van der Waals surface area contributed by atoms with Gasteiger partial charge in [0, 0.05) is 17.0 Å². The van der Waals surface area contributed by atoms with Gasteiger partial charge in [-0.25, -0.2) is 0 Å². The van der Waals surface area contributed by atoms with E-state index in [9.17, 15) is 9.59 Å². The van der Waals surface area contributed by atoms with Crippen LogP contribution in [0.5, 0.6) is 0 Å². The number of carbonyl (C=O) groups excluding carboxylic acids is 2. The molecule has 3 heterocycles. The quantitative estimate of drug-likeness (QED) is 0.577. The van der Waals surface area contributed by atoms with Crippen LogP contribution in [0.15, 0.2) is 35.3 Å². The molecular weight excluding hydrogens is 330 g/mol. The van der Waals surface area contributed by atoms with Gasteiger partial charge in [-0.2, -0.15) is 0 Å². The molecule has 0 spiro atoms. The van der Waals surface area contributed by atoms with Crippen LogP contribution in [-0.4, -0.2) is 16.9 Å². The van der Waals surface area contributed by atoms with Gasteiger partial charge in [-0.15, -0.1) is 11.3 Å². The molecule has 7 heteroatoms. The van der Waals surface area contributed by atoms with E-state index in [2.05, 4.69) is 16.0 Å². The number of carbonyl (C=O) groups is 2. The smallest absolute Gasteiger partial charge is 0.273 e. The number of rotatable bonds is 2. The molecule has 1 saturated heterocycles. The summed E-state index contributed by atoms with van der Waals surface area (Å²) in [5, 5.41) is 10.5. The number of hydrogen-bond donors (Lipinski definition) is 3. The third-order valence-electron chi connectivity index (χ3n) is 3.75. The molecule has 2 aromatic rings. The number of thiophene rings is 1. The van der Waals surface area contributed by atoms with Gasteiger partial charge in [-0.1, -0.05) is 6.07 Å². The Labute approximate surface area is 141 Å². The first-order valence-electron chi connectivity index (χ1n) is 6.94. The van der Waals surface area contributed by atoms with E-state index in [1.54, 1.807) is 17.4 Å². The average Bonchev–Trinajstić information content (AvgIpc) is 3.21. The van der Waals surface area contributed by atoms with Crippen molar-refractivity contribution in [3.8, 4) is 11.1 Å². The zero-order valence-corrected chi connectivity index (χ0v) is 13.4. The van der Waals surface area contributed by atoms with Gasteiger partial charge in [0.25, 0.3) is 11.8 Å². The summed E-state index contributed by atoms with van der Waals surface area (Å²) < 4.78 is 0. The van der Waals surface area contributed by atoms with Crippen LogP contribution in [0.4, 0.5) is 0 Å². The van der Waals surface area contributed by atoms with Crippen molar-refractivity contribution < 1.29 is 9.59 Å². The van der Waals surface area contributed by atoms with Gasteiger partial charge in [0.2, 0.25) is 0 Å². The van der Waals surface area contributed by atoms with Crippen LogP contribution in [0, 0.1) is 0 Å². The highest BCUT2D eigenvalue weighted by Crippen LogP contribution is 2.29. The third kappa shape index (κ3) is 2.54. The summed E-state index contributed by atoms with van der Waals surface area (Å²) >= 11 is 6.46. The molecule has 1 aromatic heterocycles. The summed E-state index contributed by atoms with van der Waals surface area (Å²) in [6.45, 7) is 0.574. The van der Waals surface area contributed by atoms with Crippen molar-refractivity contribution in [3.63, 3.8) is 0 Å². The maximum atomic E-state index is 11.7. The number of thiocarbonyl (C=S) groups is 1. The Morgan fingerprint density at radius 3 is 2.74 bits per heavy atom. The van der Waals surface area contributed by atoms with Gasteiger partial charge in [0.15, 0.2) is 5.11 Å². The Balaban J connectivity index is 1.64. The van der Waals surface area contributed by atoms with E-state index in [0.29, 0.717) is 17.4 Å². The molecule has 0 aliphatic carbocycles. The molecule has 2 amide bonds. The molecule has 4 rings (SSSR count). The minimum atomic E-state index is -0.216. The fourth-order valence-corrected chi connectivity index (χ4v) is 3.67. The minimum Gasteiger partial charge on any atom is -0.348 e. The fourth-order valence-electron chi connectivity index (χ4n) is 2.62. The monoisotopic (exact) mass is 341 g/mol. The molecule has 2 aliphatic rings. The predicted octanol–water partition coefficient (Wildman–Crippen LogP) is 2.00. The highest BCUT2D eigenvalue weighted by atomic mass is 32.1. The number of amides is 2. The van der Waals surface area contributed by atoms with Crippen molar-refractivity contribution in [2.24, 2.45) is 0 Å². The first kappa shape index (κ1) is 14.1. The van der Waals surface area contributed by atoms with Crippen molar-refractivity contribution in [2.75, 3.05) is 0 Å². The average molecular weight is 341 g/mol. The molecule has 1 aromatic carbocycles. The van der Waals surface area contributed by atoms with Gasteiger partial charge >= 0.3 is 0 Å². The highest BCUT2D eigenvalue weighted by Gasteiger charge is 2.21. The molecule has 0 unspecified atom stereocenters. The standard InChI is InChI=1S/C16H11N3O2S2/c20-14-12-2-1-8(3-9(12)6-17-14)10-4-11(23-7-10)5-13-15(21)19-16(22)18-13/h1-5,7H,6H2,(H,17,20)(H2,18,19,21,22)/b13-5-. The lowest BCUT2D eigenvalue weighted by molar-refractivity contribution is -0.115. The van der Waals surface area contributed by atoms with Crippen LogP contribution >= 0.6 is 23.6 Å². The van der Waals surface area contributed by atoms with E-state index >= 15 is 0 Å². The zero-order valence-electron chi connectivity index (χ0n) is 11.8. The van der Waals surface area contributed by atoms with Crippen molar-refractivity contribution in [3.05, 3.63) is 51.3 Å². The summed E-state index contributed by atoms with van der Waals surface area (Å²) in [7, 11) is 0. The van der Waals surface area contributed by atoms with E-state index < -0.39 is 0 Å². The summed E-state index contributed by atoms with van der Waals surface area (Å²) in [6.07, 6.45) is 1.78. The van der Waals surface area contributed by atoms with E-state index in [4.69, 9.17) is 12.2 Å². The Kier molecular flexibility index (Phi) is 3.24. The molecule has 1 fully saturated rings. The molecule has 0 bridgehead atoms. The lowest BCUT2D eigenvalue weighted by Gasteiger charge is -2.00. The summed E-state index contributed by atoms with van der Waals surface area (Å²) in [5.41, 5.74) is 4.32. The summed E-state index contributed by atoms with van der Waals surface area (Å²) in [5.74, 6) is -0.233. The molecule has 114 valence electrons. The number of benzene rings is 1. The van der Waals surface area contributed by atoms with Crippen LogP contribution in [0.3, 0.4) is 0 Å². The topological polar surface area (TPSA) is 70.2 Å². The highest BCUT2D eigenvalue weighted by molar-refractivity contribution is 7.80. The van der Waals surface area contributed by atoms with Crippen LogP contribution in [0.1, 0.15) is 20.8 Å². The Morgan fingerprint density at radius 1 is 1.09 bits per heavy atom. The normalized spacial score (nSPS) is 17.9. The van der Waals surface area contributed by atoms with Crippen LogP contribution in [0.2, 0.25) is 0 Å². The molecule has 0 radical (unpaired) electrons. The van der Waals surface area contributed by atoms with Gasteiger partial charge in [0.1, 0.15) is 5.70 Å². The second-order valence-corrected chi connectivity index (χ2v) is 6.61. The fraction of sp³-hybridized carbons (Fsp3) is 0.0625. The first-order valence-corrected chi connectivity index (χ1v) is 8.23. The lowest BCUT2D eigenvalue weighted by Crippen LogP contribution is -2.21. The number of fused-ring (bicyclic) bond motifs is 1. The van der Waals surface area contributed by atoms with Crippen molar-refractivity contribution in [1.29, 1.82) is 0 Å². The van der Waals surface area contributed by atoms with Crippen molar-refractivity contribution in [1.82, 2.24) is 16.0 Å². The van der Waals surface area contributed by atoms with E-state index in [-0.39, 0.29) is 11.8 Å². The van der Waals surface area contributed by atoms with Gasteiger partial charge in [-0.3, -0.25) is 14.9 Å². The van der Waals surface area contributed by atoms with Gasteiger partial charge in [0.05, 0.1) is 0 Å². The Morgan fingerprint density at radius 2 is 1.96 bits per heavy atom. The molecule has 0 atom stereocenters. The van der Waals surface area contributed by atoms with Crippen LogP contribution in [0.25, 0.3) is 17.2 Å². The maximum absolute atomic E-state index is 11.7. The van der Waals surface area contributed by atoms with Crippen molar-refractivity contribution >= 4 is 46.6 Å². The number of hydrogen-bond acceptors (Lipinski definition) is 4. The molecule has 23 heavy (non-hydrogen) atoms. The minimum absolute atomic E-state index is 0.0171. The van der Waals surface area contributed by atoms with Gasteiger partial charge in [-0.05, 0) is 58.6 Å². The lowest BCUT2D eigenvalue weighted by atomic mass is 10.0. The molecule has 2 aliphatic heterocycles. The maximum Gasteiger partial charge on any atom is 0.273 e. The van der Waals surface area contributed by atoms with Gasteiger partial charge < -0.3 is 10.6 Å². The summed E-state index contributed by atoms with van der Waals surface area (Å²) in [4.78, 5) is 24.2. The SMILES string of the molecule is O=C1NC(=S)N/C1=C\c1cc(-c2ccc3c(c2)CNC3=O)cs1.